The highest BCUT2D eigenvalue weighted by Gasteiger charge is 2.35. The van der Waals surface area contributed by atoms with Crippen LogP contribution in [0.5, 0.6) is 0 Å². The number of carbonyl (C=O) groups excluding carboxylic acids is 1. The molecule has 5 heteroatoms. The van der Waals surface area contributed by atoms with Gasteiger partial charge in [0.2, 0.25) is 11.7 Å². The molecule has 3 aromatic rings. The smallest absolute Gasteiger partial charge is 0.254 e. The first-order valence-corrected chi connectivity index (χ1v) is 8.91. The fraction of sp³-hybridized carbons (Fsp3) is 0.286. The van der Waals surface area contributed by atoms with Gasteiger partial charge in [0, 0.05) is 17.7 Å². The van der Waals surface area contributed by atoms with Crippen LogP contribution in [0.15, 0.2) is 53.1 Å². The number of hydrogen-bond donors (Lipinski definition) is 0. The lowest BCUT2D eigenvalue weighted by Crippen LogP contribution is -2.31. The maximum Gasteiger partial charge on any atom is 0.254 e. The SMILES string of the molecule is Cc1cccc(-c2noc([C@H]3CCCN3C(=O)c3ccccc3C)n2)c1. The van der Waals surface area contributed by atoms with E-state index in [1.807, 2.05) is 67.3 Å². The van der Waals surface area contributed by atoms with E-state index in [0.29, 0.717) is 18.3 Å². The monoisotopic (exact) mass is 347 g/mol. The van der Waals surface area contributed by atoms with Gasteiger partial charge in [-0.1, -0.05) is 47.1 Å². The maximum absolute atomic E-state index is 13.0. The van der Waals surface area contributed by atoms with Gasteiger partial charge in [0.1, 0.15) is 6.04 Å². The molecule has 2 aromatic carbocycles. The van der Waals surface area contributed by atoms with Gasteiger partial charge < -0.3 is 9.42 Å². The Morgan fingerprint density at radius 1 is 1.15 bits per heavy atom. The summed E-state index contributed by atoms with van der Waals surface area (Å²) in [5, 5.41) is 4.13. The van der Waals surface area contributed by atoms with Crippen molar-refractivity contribution in [3.05, 3.63) is 71.1 Å². The van der Waals surface area contributed by atoms with Gasteiger partial charge in [0.25, 0.3) is 5.91 Å². The van der Waals surface area contributed by atoms with Crippen molar-refractivity contribution in [3.63, 3.8) is 0 Å². The molecule has 132 valence electrons. The van der Waals surface area contributed by atoms with Crippen molar-refractivity contribution in [2.45, 2.75) is 32.7 Å². The van der Waals surface area contributed by atoms with Crippen LogP contribution in [0.3, 0.4) is 0 Å². The van der Waals surface area contributed by atoms with E-state index in [1.54, 1.807) is 0 Å². The molecular weight excluding hydrogens is 326 g/mol. The number of aryl methyl sites for hydroxylation is 2. The van der Waals surface area contributed by atoms with Gasteiger partial charge >= 0.3 is 0 Å². The van der Waals surface area contributed by atoms with E-state index in [4.69, 9.17) is 4.52 Å². The fourth-order valence-electron chi connectivity index (χ4n) is 3.51. The van der Waals surface area contributed by atoms with Crippen molar-refractivity contribution in [2.24, 2.45) is 0 Å². The normalized spacial score (nSPS) is 16.8. The highest BCUT2D eigenvalue weighted by atomic mass is 16.5. The van der Waals surface area contributed by atoms with Gasteiger partial charge in [-0.05, 0) is 44.4 Å². The summed E-state index contributed by atoms with van der Waals surface area (Å²) in [5.41, 5.74) is 3.79. The van der Waals surface area contributed by atoms with Crippen LogP contribution in [0.25, 0.3) is 11.4 Å². The number of carbonyl (C=O) groups is 1. The van der Waals surface area contributed by atoms with E-state index in [9.17, 15) is 4.79 Å². The summed E-state index contributed by atoms with van der Waals surface area (Å²) in [4.78, 5) is 19.4. The molecule has 1 aromatic heterocycles. The fourth-order valence-corrected chi connectivity index (χ4v) is 3.51. The van der Waals surface area contributed by atoms with Gasteiger partial charge in [0.05, 0.1) is 0 Å². The molecule has 1 fully saturated rings. The predicted molar refractivity (Wildman–Crippen MR) is 98.7 cm³/mol. The Morgan fingerprint density at radius 2 is 2.00 bits per heavy atom. The zero-order valence-corrected chi connectivity index (χ0v) is 15.0. The number of rotatable bonds is 3. The Morgan fingerprint density at radius 3 is 2.81 bits per heavy atom. The third kappa shape index (κ3) is 3.01. The van der Waals surface area contributed by atoms with Gasteiger partial charge in [-0.3, -0.25) is 4.79 Å². The molecule has 1 aliphatic rings. The second-order valence-electron chi connectivity index (χ2n) is 6.80. The Labute approximate surface area is 152 Å². The van der Waals surface area contributed by atoms with E-state index in [0.717, 1.165) is 35.1 Å². The second kappa shape index (κ2) is 6.75. The largest absolute Gasteiger partial charge is 0.337 e. The summed E-state index contributed by atoms with van der Waals surface area (Å²) in [6, 6.07) is 15.5. The number of aromatic nitrogens is 2. The van der Waals surface area contributed by atoms with Gasteiger partial charge in [0.15, 0.2) is 0 Å². The van der Waals surface area contributed by atoms with E-state index >= 15 is 0 Å². The van der Waals surface area contributed by atoms with Crippen LogP contribution in [-0.2, 0) is 0 Å². The lowest BCUT2D eigenvalue weighted by atomic mass is 10.1. The molecule has 0 bridgehead atoms. The summed E-state index contributed by atoms with van der Waals surface area (Å²) in [7, 11) is 0. The van der Waals surface area contributed by atoms with Crippen LogP contribution in [0.2, 0.25) is 0 Å². The summed E-state index contributed by atoms with van der Waals surface area (Å²) in [6.07, 6.45) is 1.78. The first-order valence-electron chi connectivity index (χ1n) is 8.91. The number of hydrogen-bond acceptors (Lipinski definition) is 4. The third-order valence-corrected chi connectivity index (χ3v) is 4.89. The average molecular weight is 347 g/mol. The maximum atomic E-state index is 13.0. The van der Waals surface area contributed by atoms with Crippen LogP contribution >= 0.6 is 0 Å². The number of benzene rings is 2. The van der Waals surface area contributed by atoms with Crippen LogP contribution in [0.4, 0.5) is 0 Å². The summed E-state index contributed by atoms with van der Waals surface area (Å²) >= 11 is 0. The summed E-state index contributed by atoms with van der Waals surface area (Å²) < 4.78 is 5.53. The summed E-state index contributed by atoms with van der Waals surface area (Å²) in [6.45, 7) is 4.70. The minimum Gasteiger partial charge on any atom is -0.337 e. The molecule has 5 nitrogen and oxygen atoms in total. The quantitative estimate of drug-likeness (QED) is 0.707. The van der Waals surface area contributed by atoms with Crippen LogP contribution in [-0.4, -0.2) is 27.5 Å². The minimum absolute atomic E-state index is 0.0286. The van der Waals surface area contributed by atoms with Crippen LogP contribution in [0, 0.1) is 13.8 Å². The third-order valence-electron chi connectivity index (χ3n) is 4.89. The Bertz CT molecular complexity index is 948. The molecule has 1 aliphatic heterocycles. The molecule has 0 aliphatic carbocycles. The average Bonchev–Trinajstić information content (AvgIpc) is 3.31. The molecule has 0 radical (unpaired) electrons. The number of likely N-dealkylation sites (tertiary alicyclic amines) is 1. The molecule has 0 spiro atoms. The van der Waals surface area contributed by atoms with Gasteiger partial charge in [-0.2, -0.15) is 4.98 Å². The molecular formula is C21H21N3O2. The lowest BCUT2D eigenvalue weighted by Gasteiger charge is -2.22. The molecule has 1 saturated heterocycles. The second-order valence-corrected chi connectivity index (χ2v) is 6.80. The Balaban J connectivity index is 1.61. The highest BCUT2D eigenvalue weighted by Crippen LogP contribution is 2.33. The van der Waals surface area contributed by atoms with E-state index < -0.39 is 0 Å². The first-order chi connectivity index (χ1) is 12.6. The van der Waals surface area contributed by atoms with Crippen LogP contribution in [0.1, 0.15) is 46.3 Å². The highest BCUT2D eigenvalue weighted by molar-refractivity contribution is 5.96. The van der Waals surface area contributed by atoms with E-state index in [-0.39, 0.29) is 11.9 Å². The Hall–Kier alpha value is -2.95. The van der Waals surface area contributed by atoms with E-state index in [1.165, 1.54) is 0 Å². The molecule has 0 N–H and O–H groups in total. The number of nitrogens with zero attached hydrogens (tertiary/aromatic N) is 3. The lowest BCUT2D eigenvalue weighted by molar-refractivity contribution is 0.0709. The predicted octanol–water partition coefficient (Wildman–Crippen LogP) is 4.33. The van der Waals surface area contributed by atoms with Gasteiger partial charge in [-0.25, -0.2) is 0 Å². The summed E-state index contributed by atoms with van der Waals surface area (Å²) in [5.74, 6) is 1.11. The van der Waals surface area contributed by atoms with Crippen molar-refractivity contribution in [3.8, 4) is 11.4 Å². The minimum atomic E-state index is -0.159. The molecule has 0 saturated carbocycles. The van der Waals surface area contributed by atoms with Crippen molar-refractivity contribution in [1.82, 2.24) is 15.0 Å². The van der Waals surface area contributed by atoms with Gasteiger partial charge in [-0.15, -0.1) is 0 Å². The number of amides is 1. The molecule has 26 heavy (non-hydrogen) atoms. The molecule has 2 heterocycles. The Kier molecular flexibility index (Phi) is 4.29. The molecule has 1 atom stereocenters. The van der Waals surface area contributed by atoms with E-state index in [2.05, 4.69) is 10.1 Å². The topological polar surface area (TPSA) is 59.2 Å². The van der Waals surface area contributed by atoms with Crippen molar-refractivity contribution >= 4 is 5.91 Å². The zero-order chi connectivity index (χ0) is 18.1. The molecule has 0 unspecified atom stereocenters. The van der Waals surface area contributed by atoms with Crippen molar-refractivity contribution in [1.29, 1.82) is 0 Å². The molecule has 4 rings (SSSR count). The van der Waals surface area contributed by atoms with Crippen LogP contribution < -0.4 is 0 Å². The van der Waals surface area contributed by atoms with Crippen molar-refractivity contribution in [2.75, 3.05) is 6.54 Å². The molecule has 1 amide bonds. The standard InChI is InChI=1S/C21H21N3O2/c1-14-7-5-9-16(13-14)19-22-20(26-23-19)18-11-6-12-24(18)21(25)17-10-4-3-8-15(17)2/h3-5,7-10,13,18H,6,11-12H2,1-2H3/t18-/m1/s1. The van der Waals surface area contributed by atoms with Crippen molar-refractivity contribution < 1.29 is 9.32 Å². The zero-order valence-electron chi connectivity index (χ0n) is 15.0. The first kappa shape index (κ1) is 16.5.